The first kappa shape index (κ1) is 20.2. The van der Waals surface area contributed by atoms with Crippen LogP contribution in [0.3, 0.4) is 0 Å². The van der Waals surface area contributed by atoms with Crippen molar-refractivity contribution in [2.45, 2.75) is 0 Å². The minimum Gasteiger partial charge on any atom is -0.378 e. The third-order valence-corrected chi connectivity index (χ3v) is 5.41. The van der Waals surface area contributed by atoms with Crippen LogP contribution in [0.5, 0.6) is 0 Å². The van der Waals surface area contributed by atoms with Gasteiger partial charge in [-0.25, -0.2) is 4.98 Å². The molecule has 0 spiro atoms. The van der Waals surface area contributed by atoms with E-state index in [9.17, 15) is 4.79 Å². The molecule has 0 radical (unpaired) electrons. The standard InChI is InChI=1S/C24H19Cl2N3O/c1-28(2)17-13-10-16(11-14-17)12-15-22-27-21-9-4-3-6-18(21)24(30)29(22)23-19(25)7-5-8-20(23)26/h3-15H,1-2H3/b15-12+. The Hall–Kier alpha value is -3.08. The second-order valence-corrected chi connectivity index (χ2v) is 7.83. The fourth-order valence-corrected chi connectivity index (χ4v) is 3.80. The molecule has 1 heterocycles. The summed E-state index contributed by atoms with van der Waals surface area (Å²) in [6.07, 6.45) is 3.72. The topological polar surface area (TPSA) is 38.1 Å². The van der Waals surface area contributed by atoms with Crippen LogP contribution in [0.4, 0.5) is 5.69 Å². The van der Waals surface area contributed by atoms with Crippen molar-refractivity contribution in [1.29, 1.82) is 0 Å². The fourth-order valence-electron chi connectivity index (χ4n) is 3.23. The summed E-state index contributed by atoms with van der Waals surface area (Å²) in [6.45, 7) is 0. The number of anilines is 1. The number of benzene rings is 3. The van der Waals surface area contributed by atoms with Crippen LogP contribution in [0.15, 0.2) is 71.5 Å². The summed E-state index contributed by atoms with van der Waals surface area (Å²) in [5, 5.41) is 1.26. The molecule has 30 heavy (non-hydrogen) atoms. The van der Waals surface area contributed by atoms with Crippen LogP contribution in [0.2, 0.25) is 10.0 Å². The van der Waals surface area contributed by atoms with E-state index in [4.69, 9.17) is 28.2 Å². The first-order valence-corrected chi connectivity index (χ1v) is 10.1. The van der Waals surface area contributed by atoms with Crippen molar-refractivity contribution >= 4 is 51.9 Å². The summed E-state index contributed by atoms with van der Waals surface area (Å²) < 4.78 is 1.47. The van der Waals surface area contributed by atoms with Crippen molar-refractivity contribution in [2.24, 2.45) is 0 Å². The van der Waals surface area contributed by atoms with E-state index in [1.54, 1.807) is 30.3 Å². The van der Waals surface area contributed by atoms with Gasteiger partial charge >= 0.3 is 0 Å². The SMILES string of the molecule is CN(C)c1ccc(/C=C/c2nc3ccccc3c(=O)n2-c2c(Cl)cccc2Cl)cc1. The number of rotatable bonds is 4. The lowest BCUT2D eigenvalue weighted by Crippen LogP contribution is -2.23. The van der Waals surface area contributed by atoms with Crippen LogP contribution in [0, 0.1) is 0 Å². The van der Waals surface area contributed by atoms with Gasteiger partial charge in [0.05, 0.1) is 26.6 Å². The minimum absolute atomic E-state index is 0.224. The van der Waals surface area contributed by atoms with E-state index >= 15 is 0 Å². The summed E-state index contributed by atoms with van der Waals surface area (Å²) in [4.78, 5) is 20.1. The Morgan fingerprint density at radius 2 is 1.53 bits per heavy atom. The number of hydrogen-bond acceptors (Lipinski definition) is 3. The largest absolute Gasteiger partial charge is 0.378 e. The van der Waals surface area contributed by atoms with Crippen molar-refractivity contribution in [3.63, 3.8) is 0 Å². The molecule has 0 atom stereocenters. The Kier molecular flexibility index (Phi) is 5.62. The van der Waals surface area contributed by atoms with E-state index in [1.165, 1.54) is 4.57 Å². The van der Waals surface area contributed by atoms with Gasteiger partial charge in [-0.05, 0) is 48.0 Å². The molecule has 0 aliphatic rings. The Balaban J connectivity index is 1.91. The molecule has 0 amide bonds. The highest BCUT2D eigenvalue weighted by atomic mass is 35.5. The zero-order valence-electron chi connectivity index (χ0n) is 16.5. The fraction of sp³-hybridized carbons (Fsp3) is 0.0833. The molecule has 0 saturated heterocycles. The van der Waals surface area contributed by atoms with Gasteiger partial charge in [-0.3, -0.25) is 9.36 Å². The predicted molar refractivity (Wildman–Crippen MR) is 127 cm³/mol. The maximum absolute atomic E-state index is 13.4. The summed E-state index contributed by atoms with van der Waals surface area (Å²) in [6, 6.07) is 20.5. The van der Waals surface area contributed by atoms with Gasteiger partial charge in [0.2, 0.25) is 0 Å². The van der Waals surface area contributed by atoms with E-state index in [1.807, 2.05) is 67.5 Å². The zero-order chi connectivity index (χ0) is 21.3. The van der Waals surface area contributed by atoms with Crippen molar-refractivity contribution in [2.75, 3.05) is 19.0 Å². The van der Waals surface area contributed by atoms with Crippen molar-refractivity contribution in [3.8, 4) is 5.69 Å². The molecule has 0 fully saturated rings. The monoisotopic (exact) mass is 435 g/mol. The molecule has 150 valence electrons. The average Bonchev–Trinajstić information content (AvgIpc) is 2.74. The summed E-state index contributed by atoms with van der Waals surface area (Å²) in [7, 11) is 3.99. The smallest absolute Gasteiger partial charge is 0.266 e. The quantitative estimate of drug-likeness (QED) is 0.398. The highest BCUT2D eigenvalue weighted by Crippen LogP contribution is 2.29. The second kappa shape index (κ2) is 8.34. The number of nitrogens with zero attached hydrogens (tertiary/aromatic N) is 3. The molecule has 6 heteroatoms. The van der Waals surface area contributed by atoms with Crippen LogP contribution in [-0.2, 0) is 0 Å². The summed E-state index contributed by atoms with van der Waals surface area (Å²) in [5.74, 6) is 0.449. The molecule has 0 saturated carbocycles. The summed E-state index contributed by atoms with van der Waals surface area (Å²) >= 11 is 12.8. The van der Waals surface area contributed by atoms with Gasteiger partial charge in [0.25, 0.3) is 5.56 Å². The lowest BCUT2D eigenvalue weighted by Gasteiger charge is -2.14. The van der Waals surface area contributed by atoms with E-state index in [2.05, 4.69) is 0 Å². The average molecular weight is 436 g/mol. The Morgan fingerprint density at radius 3 is 2.20 bits per heavy atom. The third-order valence-electron chi connectivity index (χ3n) is 4.80. The molecule has 4 rings (SSSR count). The van der Waals surface area contributed by atoms with Gasteiger partial charge in [-0.15, -0.1) is 0 Å². The molecule has 3 aromatic carbocycles. The lowest BCUT2D eigenvalue weighted by atomic mass is 10.1. The number of hydrogen-bond donors (Lipinski definition) is 0. The van der Waals surface area contributed by atoms with Crippen LogP contribution in [0.1, 0.15) is 11.4 Å². The van der Waals surface area contributed by atoms with Gasteiger partial charge in [0.1, 0.15) is 5.82 Å². The molecule has 4 nitrogen and oxygen atoms in total. The Morgan fingerprint density at radius 1 is 0.867 bits per heavy atom. The van der Waals surface area contributed by atoms with Crippen molar-refractivity contribution in [3.05, 3.63) is 98.5 Å². The Labute approximate surface area is 184 Å². The van der Waals surface area contributed by atoms with Crippen LogP contribution >= 0.6 is 23.2 Å². The Bertz CT molecular complexity index is 1290. The molecular weight excluding hydrogens is 417 g/mol. The van der Waals surface area contributed by atoms with Crippen LogP contribution in [0.25, 0.3) is 28.7 Å². The second-order valence-electron chi connectivity index (χ2n) is 7.02. The van der Waals surface area contributed by atoms with E-state index < -0.39 is 0 Å². The van der Waals surface area contributed by atoms with Crippen LogP contribution in [-0.4, -0.2) is 23.6 Å². The molecule has 1 aromatic heterocycles. The van der Waals surface area contributed by atoms with Gasteiger partial charge in [0, 0.05) is 19.8 Å². The molecule has 0 aliphatic heterocycles. The number of fused-ring (bicyclic) bond motifs is 1. The van der Waals surface area contributed by atoms with Gasteiger partial charge < -0.3 is 4.90 Å². The first-order valence-electron chi connectivity index (χ1n) is 9.37. The maximum atomic E-state index is 13.4. The van der Waals surface area contributed by atoms with Crippen molar-refractivity contribution < 1.29 is 0 Å². The third kappa shape index (κ3) is 3.84. The number of para-hydroxylation sites is 2. The molecule has 0 bridgehead atoms. The molecule has 0 N–H and O–H groups in total. The maximum Gasteiger partial charge on any atom is 0.266 e. The van der Waals surface area contributed by atoms with Crippen molar-refractivity contribution in [1.82, 2.24) is 9.55 Å². The molecular formula is C24H19Cl2N3O. The lowest BCUT2D eigenvalue weighted by molar-refractivity contribution is 0.944. The van der Waals surface area contributed by atoms with Crippen LogP contribution < -0.4 is 10.5 Å². The zero-order valence-corrected chi connectivity index (χ0v) is 18.0. The van der Waals surface area contributed by atoms with E-state index in [-0.39, 0.29) is 5.56 Å². The van der Waals surface area contributed by atoms with E-state index in [0.717, 1.165) is 11.3 Å². The molecule has 4 aromatic rings. The van der Waals surface area contributed by atoms with Gasteiger partial charge in [-0.2, -0.15) is 0 Å². The number of halogens is 2. The minimum atomic E-state index is -0.224. The highest BCUT2D eigenvalue weighted by molar-refractivity contribution is 6.37. The molecule has 0 unspecified atom stereocenters. The van der Waals surface area contributed by atoms with Gasteiger partial charge in [0.15, 0.2) is 0 Å². The van der Waals surface area contributed by atoms with E-state index in [0.29, 0.717) is 32.5 Å². The first-order chi connectivity index (χ1) is 14.5. The highest BCUT2D eigenvalue weighted by Gasteiger charge is 2.16. The number of aromatic nitrogens is 2. The predicted octanol–water partition coefficient (Wildman–Crippen LogP) is 5.93. The summed E-state index contributed by atoms with van der Waals surface area (Å²) in [5.41, 5.74) is 2.91. The molecule has 0 aliphatic carbocycles. The van der Waals surface area contributed by atoms with Gasteiger partial charge in [-0.1, -0.05) is 59.6 Å². The normalized spacial score (nSPS) is 11.3.